The molecule has 0 spiro atoms. The van der Waals surface area contributed by atoms with Gasteiger partial charge in [0.2, 0.25) is 0 Å². The van der Waals surface area contributed by atoms with Crippen molar-refractivity contribution in [3.63, 3.8) is 0 Å². The molecule has 8 nitrogen and oxygen atoms in total. The lowest BCUT2D eigenvalue weighted by Crippen LogP contribution is -2.44. The zero-order valence-electron chi connectivity index (χ0n) is 18.1. The van der Waals surface area contributed by atoms with Gasteiger partial charge in [-0.15, -0.1) is 0 Å². The van der Waals surface area contributed by atoms with Crippen LogP contribution in [0.15, 0.2) is 18.2 Å². The SMILES string of the molecule is CCCNC(=O)Nc1ccc2c(c1)C(=O)N(C)C[C@H](OC)[C@H](C)CN[C@H](C)CO2. The minimum Gasteiger partial charge on any atom is -0.491 e. The van der Waals surface area contributed by atoms with E-state index in [1.54, 1.807) is 37.3 Å². The predicted molar refractivity (Wildman–Crippen MR) is 114 cm³/mol. The maximum atomic E-state index is 13.2. The monoisotopic (exact) mass is 406 g/mol. The maximum Gasteiger partial charge on any atom is 0.319 e. The molecule has 0 unspecified atom stereocenters. The summed E-state index contributed by atoms with van der Waals surface area (Å²) in [6, 6.07) is 4.95. The summed E-state index contributed by atoms with van der Waals surface area (Å²) in [7, 11) is 3.42. The molecule has 0 saturated heterocycles. The molecule has 0 aliphatic carbocycles. The molecule has 0 bridgehead atoms. The highest BCUT2D eigenvalue weighted by Crippen LogP contribution is 2.25. The van der Waals surface area contributed by atoms with Crippen molar-refractivity contribution in [2.75, 3.05) is 45.7 Å². The molecule has 1 aliphatic heterocycles. The molecule has 0 aromatic heterocycles. The second-order valence-corrected chi connectivity index (χ2v) is 7.65. The first-order valence-corrected chi connectivity index (χ1v) is 10.2. The Morgan fingerprint density at radius 1 is 1.38 bits per heavy atom. The number of amides is 3. The van der Waals surface area contributed by atoms with Crippen molar-refractivity contribution in [1.82, 2.24) is 15.5 Å². The number of likely N-dealkylation sites (N-methyl/N-ethyl adjacent to an activating group) is 1. The van der Waals surface area contributed by atoms with Crippen LogP contribution < -0.4 is 20.7 Å². The Bertz CT molecular complexity index is 697. The smallest absolute Gasteiger partial charge is 0.319 e. The number of nitrogens with zero attached hydrogens (tertiary/aromatic N) is 1. The van der Waals surface area contributed by atoms with Gasteiger partial charge in [-0.2, -0.15) is 0 Å². The van der Waals surface area contributed by atoms with Crippen molar-refractivity contribution in [1.29, 1.82) is 0 Å². The summed E-state index contributed by atoms with van der Waals surface area (Å²) in [6.07, 6.45) is 0.758. The fourth-order valence-electron chi connectivity index (χ4n) is 3.15. The summed E-state index contributed by atoms with van der Waals surface area (Å²) in [5, 5.41) is 8.98. The molecule has 162 valence electrons. The Morgan fingerprint density at radius 2 is 2.14 bits per heavy atom. The van der Waals surface area contributed by atoms with Gasteiger partial charge >= 0.3 is 6.03 Å². The minimum absolute atomic E-state index is 0.0893. The van der Waals surface area contributed by atoms with Crippen LogP contribution >= 0.6 is 0 Å². The highest BCUT2D eigenvalue weighted by molar-refractivity contribution is 5.99. The van der Waals surface area contributed by atoms with E-state index in [2.05, 4.69) is 22.9 Å². The van der Waals surface area contributed by atoms with Crippen molar-refractivity contribution in [3.8, 4) is 5.75 Å². The van der Waals surface area contributed by atoms with E-state index in [9.17, 15) is 9.59 Å². The van der Waals surface area contributed by atoms with Crippen LogP contribution in [0.1, 0.15) is 37.6 Å². The number of fused-ring (bicyclic) bond motifs is 1. The standard InChI is InChI=1S/C21H34N4O4/c1-6-9-22-21(27)24-16-7-8-18-17(10-16)20(26)25(4)12-19(28-5)14(2)11-23-15(3)13-29-18/h7-8,10,14-15,19,23H,6,9,11-13H2,1-5H3,(H2,22,24,27)/t14-,15-,19+/m1/s1. The van der Waals surface area contributed by atoms with E-state index in [1.165, 1.54) is 0 Å². The fraction of sp³-hybridized carbons (Fsp3) is 0.619. The molecule has 1 heterocycles. The third kappa shape index (κ3) is 6.61. The molecule has 1 aromatic rings. The van der Waals surface area contributed by atoms with Gasteiger partial charge in [-0.25, -0.2) is 4.79 Å². The van der Waals surface area contributed by atoms with Crippen molar-refractivity contribution < 1.29 is 19.1 Å². The second-order valence-electron chi connectivity index (χ2n) is 7.65. The number of hydrogen-bond donors (Lipinski definition) is 3. The molecule has 0 radical (unpaired) electrons. The number of hydrogen-bond acceptors (Lipinski definition) is 5. The van der Waals surface area contributed by atoms with Crippen LogP contribution in [0.2, 0.25) is 0 Å². The molecule has 1 aliphatic rings. The molecular weight excluding hydrogens is 372 g/mol. The summed E-state index contributed by atoms with van der Waals surface area (Å²) in [4.78, 5) is 26.8. The Balaban J connectivity index is 2.29. The van der Waals surface area contributed by atoms with E-state index in [1.807, 2.05) is 13.8 Å². The third-order valence-electron chi connectivity index (χ3n) is 5.02. The molecule has 8 heteroatoms. The van der Waals surface area contributed by atoms with Gasteiger partial charge in [0.25, 0.3) is 5.91 Å². The molecule has 1 aromatic carbocycles. The fourth-order valence-corrected chi connectivity index (χ4v) is 3.15. The van der Waals surface area contributed by atoms with Gasteiger partial charge in [0.1, 0.15) is 12.4 Å². The van der Waals surface area contributed by atoms with E-state index in [4.69, 9.17) is 9.47 Å². The average Bonchev–Trinajstić information content (AvgIpc) is 2.71. The number of methoxy groups -OCH3 is 1. The molecule has 3 atom stereocenters. The number of benzene rings is 1. The van der Waals surface area contributed by atoms with Gasteiger partial charge in [0.15, 0.2) is 0 Å². The molecular formula is C21H34N4O4. The number of carbonyl (C=O) groups is 2. The first-order valence-electron chi connectivity index (χ1n) is 10.2. The van der Waals surface area contributed by atoms with E-state index < -0.39 is 0 Å². The van der Waals surface area contributed by atoms with Crippen molar-refractivity contribution in [3.05, 3.63) is 23.8 Å². The molecule has 3 amide bonds. The van der Waals surface area contributed by atoms with Crippen LogP contribution in [0.3, 0.4) is 0 Å². The Kier molecular flexibility index (Phi) is 8.72. The zero-order chi connectivity index (χ0) is 21.4. The summed E-state index contributed by atoms with van der Waals surface area (Å²) in [5.41, 5.74) is 0.953. The number of carbonyl (C=O) groups excluding carboxylic acids is 2. The molecule has 29 heavy (non-hydrogen) atoms. The van der Waals surface area contributed by atoms with Crippen LogP contribution in [0.4, 0.5) is 10.5 Å². The topological polar surface area (TPSA) is 91.9 Å². The number of anilines is 1. The van der Waals surface area contributed by atoms with Crippen LogP contribution in [0.5, 0.6) is 5.75 Å². The van der Waals surface area contributed by atoms with Crippen molar-refractivity contribution in [2.45, 2.75) is 39.3 Å². The van der Waals surface area contributed by atoms with E-state index in [0.29, 0.717) is 36.7 Å². The normalized spacial score (nSPS) is 23.3. The van der Waals surface area contributed by atoms with E-state index >= 15 is 0 Å². The Morgan fingerprint density at radius 3 is 2.83 bits per heavy atom. The van der Waals surface area contributed by atoms with Gasteiger partial charge in [0.05, 0.1) is 11.7 Å². The quantitative estimate of drug-likeness (QED) is 0.714. The third-order valence-corrected chi connectivity index (χ3v) is 5.02. The summed E-state index contributed by atoms with van der Waals surface area (Å²) < 4.78 is 11.6. The Hall–Kier alpha value is -2.32. The lowest BCUT2D eigenvalue weighted by molar-refractivity contribution is 0.0281. The minimum atomic E-state index is -0.298. The molecule has 2 rings (SSSR count). The first kappa shape index (κ1) is 23.0. The van der Waals surface area contributed by atoms with Crippen LogP contribution in [-0.2, 0) is 4.74 Å². The number of urea groups is 1. The lowest BCUT2D eigenvalue weighted by atomic mass is 10.0. The van der Waals surface area contributed by atoms with Crippen LogP contribution in [0, 0.1) is 5.92 Å². The van der Waals surface area contributed by atoms with Gasteiger partial charge < -0.3 is 30.3 Å². The Labute approximate surface area is 173 Å². The summed E-state index contributed by atoms with van der Waals surface area (Å²) >= 11 is 0. The van der Waals surface area contributed by atoms with Crippen molar-refractivity contribution >= 4 is 17.6 Å². The van der Waals surface area contributed by atoms with E-state index in [0.717, 1.165) is 13.0 Å². The zero-order valence-corrected chi connectivity index (χ0v) is 18.1. The predicted octanol–water partition coefficient (Wildman–Crippen LogP) is 2.31. The number of rotatable bonds is 4. The van der Waals surface area contributed by atoms with Gasteiger partial charge in [0, 0.05) is 45.5 Å². The van der Waals surface area contributed by atoms with Gasteiger partial charge in [-0.1, -0.05) is 13.8 Å². The number of nitrogens with one attached hydrogen (secondary N) is 3. The molecule has 0 saturated carbocycles. The molecule has 0 fully saturated rings. The summed E-state index contributed by atoms with van der Waals surface area (Å²) in [5.74, 6) is 0.553. The summed E-state index contributed by atoms with van der Waals surface area (Å²) in [6.45, 7) is 8.37. The largest absolute Gasteiger partial charge is 0.491 e. The second kappa shape index (κ2) is 11.0. The average molecular weight is 407 g/mol. The van der Waals surface area contributed by atoms with Gasteiger partial charge in [-0.05, 0) is 37.5 Å². The van der Waals surface area contributed by atoms with E-state index in [-0.39, 0.29) is 30.0 Å². The highest BCUT2D eigenvalue weighted by Gasteiger charge is 2.25. The van der Waals surface area contributed by atoms with Gasteiger partial charge in [-0.3, -0.25) is 4.79 Å². The molecule has 3 N–H and O–H groups in total. The van der Waals surface area contributed by atoms with Crippen LogP contribution in [0.25, 0.3) is 0 Å². The first-order chi connectivity index (χ1) is 13.8. The maximum absolute atomic E-state index is 13.2. The number of ether oxygens (including phenoxy) is 2. The van der Waals surface area contributed by atoms with Crippen molar-refractivity contribution in [2.24, 2.45) is 5.92 Å². The highest BCUT2D eigenvalue weighted by atomic mass is 16.5. The van der Waals surface area contributed by atoms with Crippen LogP contribution in [-0.4, -0.2) is 69.4 Å². The lowest BCUT2D eigenvalue weighted by Gasteiger charge is -2.30.